The molecule has 4 nitrogen and oxygen atoms in total. The molecule has 0 saturated heterocycles. The molecule has 0 aliphatic carbocycles. The van der Waals surface area contributed by atoms with Crippen molar-refractivity contribution >= 4 is 11.9 Å². The van der Waals surface area contributed by atoms with Crippen molar-refractivity contribution in [3.63, 3.8) is 0 Å². The lowest BCUT2D eigenvalue weighted by Crippen LogP contribution is -2.14. The summed E-state index contributed by atoms with van der Waals surface area (Å²) >= 11 is 0. The molecule has 0 saturated carbocycles. The summed E-state index contributed by atoms with van der Waals surface area (Å²) in [5.74, 6) is -1.51. The summed E-state index contributed by atoms with van der Waals surface area (Å²) in [5, 5.41) is 9.00. The molecule has 0 aliphatic rings. The largest absolute Gasteiger partial charge is 0.478 e. The highest BCUT2D eigenvalue weighted by atomic mass is 16.5. The zero-order valence-corrected chi connectivity index (χ0v) is 11.6. The molecule has 0 rings (SSSR count). The van der Waals surface area contributed by atoms with E-state index in [0.717, 1.165) is 25.7 Å². The molecule has 0 bridgehead atoms. The van der Waals surface area contributed by atoms with Crippen LogP contribution in [0.4, 0.5) is 0 Å². The Kier molecular flexibility index (Phi) is 8.97. The summed E-state index contributed by atoms with van der Waals surface area (Å²) in [6.45, 7) is 5.99. The summed E-state index contributed by atoms with van der Waals surface area (Å²) in [4.78, 5) is 22.8. The van der Waals surface area contributed by atoms with Gasteiger partial charge in [0.2, 0.25) is 0 Å². The van der Waals surface area contributed by atoms with E-state index in [2.05, 4.69) is 6.92 Å². The lowest BCUT2D eigenvalue weighted by atomic mass is 10.0. The molecule has 0 fully saturated rings. The first-order chi connectivity index (χ1) is 8.58. The molecule has 0 aliphatic heterocycles. The minimum atomic E-state index is -1.03. The maximum absolute atomic E-state index is 11.8. The number of esters is 1. The number of hydrogen-bond donors (Lipinski definition) is 1. The van der Waals surface area contributed by atoms with E-state index in [1.54, 1.807) is 13.8 Å². The number of hydrogen-bond acceptors (Lipinski definition) is 3. The van der Waals surface area contributed by atoms with Gasteiger partial charge in [-0.1, -0.05) is 40.0 Å². The van der Waals surface area contributed by atoms with Gasteiger partial charge in [0.15, 0.2) is 0 Å². The highest BCUT2D eigenvalue weighted by Gasteiger charge is 2.18. The molecule has 1 N–H and O–H groups in total. The van der Waals surface area contributed by atoms with Crippen LogP contribution in [0.25, 0.3) is 0 Å². The molecular weight excluding hydrogens is 232 g/mol. The number of carboxylic acids is 1. The predicted molar refractivity (Wildman–Crippen MR) is 70.3 cm³/mol. The van der Waals surface area contributed by atoms with Crippen LogP contribution in [0, 0.1) is 0 Å². The Bertz CT molecular complexity index is 305. The number of aliphatic carboxylic acids is 1. The second-order valence-electron chi connectivity index (χ2n) is 4.17. The van der Waals surface area contributed by atoms with E-state index in [1.165, 1.54) is 0 Å². The monoisotopic (exact) mass is 256 g/mol. The molecule has 0 amide bonds. The summed E-state index contributed by atoms with van der Waals surface area (Å²) in [6.07, 6.45) is 4.86. The molecule has 0 aromatic rings. The summed E-state index contributed by atoms with van der Waals surface area (Å²) in [7, 11) is 0. The van der Waals surface area contributed by atoms with Crippen LogP contribution in [0.2, 0.25) is 0 Å². The van der Waals surface area contributed by atoms with E-state index < -0.39 is 11.9 Å². The Labute approximate surface area is 109 Å². The van der Waals surface area contributed by atoms with Crippen LogP contribution >= 0.6 is 0 Å². The highest BCUT2D eigenvalue weighted by molar-refractivity contribution is 5.99. The standard InChI is InChI=1S/C14H24O4/c1-4-7-8-9-10-18-14(17)12(6-3)11(5-2)13(15)16/h4-10H2,1-3H3,(H,15,16). The second-order valence-corrected chi connectivity index (χ2v) is 4.17. The number of carbonyl (C=O) groups is 2. The Hall–Kier alpha value is -1.32. The van der Waals surface area contributed by atoms with Gasteiger partial charge in [0.05, 0.1) is 6.61 Å². The van der Waals surface area contributed by atoms with Crippen molar-refractivity contribution in [2.45, 2.75) is 59.3 Å². The average molecular weight is 256 g/mol. The van der Waals surface area contributed by atoms with Crippen LogP contribution in [0.1, 0.15) is 59.3 Å². The zero-order valence-electron chi connectivity index (χ0n) is 11.6. The van der Waals surface area contributed by atoms with E-state index in [9.17, 15) is 9.59 Å². The minimum absolute atomic E-state index is 0.163. The molecule has 18 heavy (non-hydrogen) atoms. The lowest BCUT2D eigenvalue weighted by molar-refractivity contribution is -0.140. The van der Waals surface area contributed by atoms with Gasteiger partial charge in [0, 0.05) is 11.1 Å². The summed E-state index contributed by atoms with van der Waals surface area (Å²) < 4.78 is 5.11. The lowest BCUT2D eigenvalue weighted by Gasteiger charge is -2.09. The molecule has 0 heterocycles. The summed E-state index contributed by atoms with van der Waals surface area (Å²) in [6, 6.07) is 0. The number of ether oxygens (including phenoxy) is 1. The van der Waals surface area contributed by atoms with Gasteiger partial charge in [-0.2, -0.15) is 0 Å². The van der Waals surface area contributed by atoms with Crippen LogP contribution in [-0.2, 0) is 14.3 Å². The van der Waals surface area contributed by atoms with Gasteiger partial charge in [0.1, 0.15) is 0 Å². The first-order valence-electron chi connectivity index (χ1n) is 6.70. The van der Waals surface area contributed by atoms with Gasteiger partial charge >= 0.3 is 11.9 Å². The van der Waals surface area contributed by atoms with Crippen molar-refractivity contribution in [1.82, 2.24) is 0 Å². The zero-order chi connectivity index (χ0) is 14.0. The maximum Gasteiger partial charge on any atom is 0.334 e. The molecule has 0 radical (unpaired) electrons. The first kappa shape index (κ1) is 16.7. The van der Waals surface area contributed by atoms with Crippen LogP contribution in [-0.4, -0.2) is 23.7 Å². The molecule has 0 aromatic heterocycles. The van der Waals surface area contributed by atoms with Crippen molar-refractivity contribution in [1.29, 1.82) is 0 Å². The topological polar surface area (TPSA) is 63.6 Å². The number of carbonyl (C=O) groups excluding carboxylic acids is 1. The quantitative estimate of drug-likeness (QED) is 0.390. The van der Waals surface area contributed by atoms with Gasteiger partial charge in [-0.25, -0.2) is 9.59 Å². The van der Waals surface area contributed by atoms with E-state index >= 15 is 0 Å². The van der Waals surface area contributed by atoms with Gasteiger partial charge in [-0.3, -0.25) is 0 Å². The van der Waals surface area contributed by atoms with Crippen LogP contribution in [0.15, 0.2) is 11.1 Å². The molecule has 0 atom stereocenters. The molecule has 0 unspecified atom stereocenters. The van der Waals surface area contributed by atoms with E-state index in [0.29, 0.717) is 25.0 Å². The second kappa shape index (κ2) is 9.68. The SMILES string of the molecule is CCCCCCOC(=O)C(CC)=C(CC)C(=O)O. The first-order valence-corrected chi connectivity index (χ1v) is 6.70. The van der Waals surface area contributed by atoms with Crippen molar-refractivity contribution in [3.05, 3.63) is 11.1 Å². The smallest absolute Gasteiger partial charge is 0.334 e. The van der Waals surface area contributed by atoms with Crippen molar-refractivity contribution in [3.8, 4) is 0 Å². The third-order valence-corrected chi connectivity index (χ3v) is 2.81. The van der Waals surface area contributed by atoms with Gasteiger partial charge in [-0.05, 0) is 19.3 Å². The van der Waals surface area contributed by atoms with Gasteiger partial charge < -0.3 is 9.84 Å². The van der Waals surface area contributed by atoms with Crippen LogP contribution in [0.3, 0.4) is 0 Å². The molecule has 4 heteroatoms. The molecule has 104 valence electrons. The Morgan fingerprint density at radius 1 is 0.944 bits per heavy atom. The number of carboxylic acid groups (broad SMARTS) is 1. The fourth-order valence-electron chi connectivity index (χ4n) is 1.76. The third kappa shape index (κ3) is 5.84. The maximum atomic E-state index is 11.8. The molecular formula is C14H24O4. The van der Waals surface area contributed by atoms with Crippen LogP contribution in [0.5, 0.6) is 0 Å². The minimum Gasteiger partial charge on any atom is -0.478 e. The number of unbranched alkanes of at least 4 members (excludes halogenated alkanes) is 3. The van der Waals surface area contributed by atoms with Crippen molar-refractivity contribution in [2.75, 3.05) is 6.61 Å². The Morgan fingerprint density at radius 2 is 1.56 bits per heavy atom. The van der Waals surface area contributed by atoms with Crippen LogP contribution < -0.4 is 0 Å². The predicted octanol–water partition coefficient (Wildman–Crippen LogP) is 3.31. The van der Waals surface area contributed by atoms with Gasteiger partial charge in [-0.15, -0.1) is 0 Å². The van der Waals surface area contributed by atoms with Gasteiger partial charge in [0.25, 0.3) is 0 Å². The highest BCUT2D eigenvalue weighted by Crippen LogP contribution is 2.15. The van der Waals surface area contributed by atoms with E-state index in [1.807, 2.05) is 0 Å². The number of rotatable bonds is 9. The third-order valence-electron chi connectivity index (χ3n) is 2.81. The molecule has 0 spiro atoms. The van der Waals surface area contributed by atoms with E-state index in [4.69, 9.17) is 9.84 Å². The Morgan fingerprint density at radius 3 is 2.00 bits per heavy atom. The van der Waals surface area contributed by atoms with Crippen molar-refractivity contribution in [2.24, 2.45) is 0 Å². The average Bonchev–Trinajstić information content (AvgIpc) is 2.34. The molecule has 0 aromatic carbocycles. The Balaban J connectivity index is 4.39. The normalized spacial score (nSPS) is 11.9. The van der Waals surface area contributed by atoms with Crippen molar-refractivity contribution < 1.29 is 19.4 Å². The summed E-state index contributed by atoms with van der Waals surface area (Å²) in [5.41, 5.74) is 0.455. The fraction of sp³-hybridized carbons (Fsp3) is 0.714. The van der Waals surface area contributed by atoms with E-state index in [-0.39, 0.29) is 5.57 Å². The fourth-order valence-corrected chi connectivity index (χ4v) is 1.76.